The number of thiophene rings is 1. The van der Waals surface area contributed by atoms with E-state index in [-0.39, 0.29) is 15.0 Å². The Morgan fingerprint density at radius 2 is 1.76 bits per heavy atom. The first-order chi connectivity index (χ1) is 7.99. The van der Waals surface area contributed by atoms with Gasteiger partial charge in [0, 0.05) is 0 Å². The molecule has 0 saturated heterocycles. The third kappa shape index (κ3) is 2.93. The zero-order valence-corrected chi connectivity index (χ0v) is 11.4. The minimum Gasteiger partial charge on any atom is -0.377 e. The van der Waals surface area contributed by atoms with Crippen molar-refractivity contribution in [1.82, 2.24) is 0 Å². The van der Waals surface area contributed by atoms with Crippen LogP contribution in [0.1, 0.15) is 0 Å². The maximum Gasteiger partial charge on any atom is 0.348 e. The summed E-state index contributed by atoms with van der Waals surface area (Å²) in [5, 5.41) is 0.235. The first-order valence-corrected chi connectivity index (χ1v) is 7.41. The van der Waals surface area contributed by atoms with Gasteiger partial charge in [0.15, 0.2) is 9.96 Å². The molecule has 1 heterocycles. The molecule has 2 rings (SSSR count). The Morgan fingerprint density at radius 1 is 1.06 bits per heavy atom. The summed E-state index contributed by atoms with van der Waals surface area (Å²) in [5.74, 6) is 0.0960. The summed E-state index contributed by atoms with van der Waals surface area (Å²) < 4.78 is 29.0. The fourth-order valence-electron chi connectivity index (χ4n) is 1.10. The van der Waals surface area contributed by atoms with Crippen molar-refractivity contribution in [3.63, 3.8) is 0 Å². The second-order valence-electron chi connectivity index (χ2n) is 3.03. The summed E-state index contributed by atoms with van der Waals surface area (Å²) in [7, 11) is -3.87. The van der Waals surface area contributed by atoms with Crippen LogP contribution in [0.4, 0.5) is 0 Å². The molecule has 0 unspecified atom stereocenters. The lowest BCUT2D eigenvalue weighted by Crippen LogP contribution is -2.08. The van der Waals surface area contributed by atoms with E-state index in [1.165, 1.54) is 18.2 Å². The van der Waals surface area contributed by atoms with Crippen molar-refractivity contribution in [3.8, 4) is 5.75 Å². The van der Waals surface area contributed by atoms with Crippen LogP contribution in [0.3, 0.4) is 0 Å². The average molecular weight is 309 g/mol. The largest absolute Gasteiger partial charge is 0.377 e. The number of para-hydroxylation sites is 1. The molecule has 0 aliphatic heterocycles. The van der Waals surface area contributed by atoms with Crippen molar-refractivity contribution in [1.29, 1.82) is 0 Å². The SMILES string of the molecule is O=S(=O)(Oc1ccccc1Cl)c1ccc(Cl)s1. The first-order valence-electron chi connectivity index (χ1n) is 4.43. The van der Waals surface area contributed by atoms with Gasteiger partial charge in [-0.1, -0.05) is 35.3 Å². The molecule has 1 aromatic carbocycles. The number of hydrogen-bond donors (Lipinski definition) is 0. The lowest BCUT2D eigenvalue weighted by Gasteiger charge is -2.06. The molecule has 0 atom stereocenters. The molecule has 0 amide bonds. The van der Waals surface area contributed by atoms with E-state index in [0.29, 0.717) is 4.34 Å². The number of rotatable bonds is 3. The lowest BCUT2D eigenvalue weighted by atomic mass is 10.3. The molecule has 0 aliphatic rings. The highest BCUT2D eigenvalue weighted by molar-refractivity contribution is 7.89. The van der Waals surface area contributed by atoms with Crippen molar-refractivity contribution >= 4 is 44.7 Å². The van der Waals surface area contributed by atoms with Gasteiger partial charge in [-0.3, -0.25) is 0 Å². The molecule has 0 aliphatic carbocycles. The van der Waals surface area contributed by atoms with Crippen molar-refractivity contribution in [2.75, 3.05) is 0 Å². The van der Waals surface area contributed by atoms with Gasteiger partial charge in [-0.05, 0) is 24.3 Å². The quantitative estimate of drug-likeness (QED) is 0.810. The Labute approximate surface area is 113 Å². The molecule has 0 saturated carbocycles. The monoisotopic (exact) mass is 308 g/mol. The maximum absolute atomic E-state index is 11.8. The molecule has 7 heteroatoms. The molecular weight excluding hydrogens is 303 g/mol. The van der Waals surface area contributed by atoms with Crippen LogP contribution >= 0.6 is 34.5 Å². The Balaban J connectivity index is 2.33. The number of halogens is 2. The molecular formula is C10H6Cl2O3S2. The summed E-state index contributed by atoms with van der Waals surface area (Å²) in [6.45, 7) is 0. The van der Waals surface area contributed by atoms with Crippen LogP contribution in [0.5, 0.6) is 5.75 Å². The van der Waals surface area contributed by atoms with Crippen LogP contribution < -0.4 is 4.18 Å². The third-order valence-corrected chi connectivity index (χ3v) is 5.06. The zero-order chi connectivity index (χ0) is 12.5. The Kier molecular flexibility index (Phi) is 3.63. The predicted molar refractivity (Wildman–Crippen MR) is 68.6 cm³/mol. The molecule has 0 fully saturated rings. The Hall–Kier alpha value is -0.750. The highest BCUT2D eigenvalue weighted by Gasteiger charge is 2.20. The van der Waals surface area contributed by atoms with Gasteiger partial charge >= 0.3 is 10.1 Å². The highest BCUT2D eigenvalue weighted by Crippen LogP contribution is 2.30. The number of hydrogen-bond acceptors (Lipinski definition) is 4. The highest BCUT2D eigenvalue weighted by atomic mass is 35.5. The van der Waals surface area contributed by atoms with Crippen molar-refractivity contribution < 1.29 is 12.6 Å². The van der Waals surface area contributed by atoms with E-state index in [1.807, 2.05) is 0 Å². The van der Waals surface area contributed by atoms with Crippen LogP contribution in [-0.2, 0) is 10.1 Å². The molecule has 90 valence electrons. The zero-order valence-electron chi connectivity index (χ0n) is 8.26. The van der Waals surface area contributed by atoms with Gasteiger partial charge in [-0.15, -0.1) is 11.3 Å². The summed E-state index contributed by atoms with van der Waals surface area (Å²) in [4.78, 5) is 0. The van der Waals surface area contributed by atoms with Gasteiger partial charge in [0.05, 0.1) is 9.36 Å². The smallest absolute Gasteiger partial charge is 0.348 e. The first kappa shape index (κ1) is 12.7. The van der Waals surface area contributed by atoms with Crippen LogP contribution in [0.15, 0.2) is 40.6 Å². The maximum atomic E-state index is 11.8. The Morgan fingerprint density at radius 3 is 2.35 bits per heavy atom. The topological polar surface area (TPSA) is 43.4 Å². The molecule has 3 nitrogen and oxygen atoms in total. The molecule has 0 radical (unpaired) electrons. The summed E-state index contributed by atoms with van der Waals surface area (Å²) >= 11 is 12.4. The lowest BCUT2D eigenvalue weighted by molar-refractivity contribution is 0.488. The van der Waals surface area contributed by atoms with E-state index in [9.17, 15) is 8.42 Å². The van der Waals surface area contributed by atoms with Crippen LogP contribution in [0.25, 0.3) is 0 Å². The summed E-state index contributed by atoms with van der Waals surface area (Å²) in [6, 6.07) is 9.24. The molecule has 17 heavy (non-hydrogen) atoms. The summed E-state index contributed by atoms with van der Waals surface area (Å²) in [5.41, 5.74) is 0. The number of benzene rings is 1. The van der Waals surface area contributed by atoms with E-state index in [4.69, 9.17) is 27.4 Å². The normalized spacial score (nSPS) is 11.4. The molecule has 0 N–H and O–H groups in total. The molecule has 0 spiro atoms. The van der Waals surface area contributed by atoms with E-state index >= 15 is 0 Å². The fraction of sp³-hybridized carbons (Fsp3) is 0. The Bertz CT molecular complexity index is 635. The van der Waals surface area contributed by atoms with Gasteiger partial charge in [0.1, 0.15) is 0 Å². The van der Waals surface area contributed by atoms with Crippen LogP contribution in [0.2, 0.25) is 9.36 Å². The molecule has 0 bridgehead atoms. The average Bonchev–Trinajstić information content (AvgIpc) is 2.69. The van der Waals surface area contributed by atoms with Gasteiger partial charge in [0.2, 0.25) is 0 Å². The van der Waals surface area contributed by atoms with E-state index < -0.39 is 10.1 Å². The predicted octanol–water partition coefficient (Wildman–Crippen LogP) is 3.82. The second-order valence-corrected chi connectivity index (χ2v) is 6.92. The third-order valence-electron chi connectivity index (χ3n) is 1.83. The van der Waals surface area contributed by atoms with E-state index in [0.717, 1.165) is 11.3 Å². The van der Waals surface area contributed by atoms with Crippen LogP contribution in [0, 0.1) is 0 Å². The van der Waals surface area contributed by atoms with Crippen LogP contribution in [-0.4, -0.2) is 8.42 Å². The fourth-order valence-corrected chi connectivity index (χ4v) is 3.72. The standard InChI is InChI=1S/C10H6Cl2O3S2/c11-7-3-1-2-4-8(7)15-17(13,14)10-6-5-9(12)16-10/h1-6H. The van der Waals surface area contributed by atoms with E-state index in [1.54, 1.807) is 18.2 Å². The van der Waals surface area contributed by atoms with Gasteiger partial charge in [-0.2, -0.15) is 8.42 Å². The van der Waals surface area contributed by atoms with Gasteiger partial charge < -0.3 is 4.18 Å². The van der Waals surface area contributed by atoms with Crippen molar-refractivity contribution in [3.05, 3.63) is 45.8 Å². The van der Waals surface area contributed by atoms with Gasteiger partial charge in [-0.25, -0.2) is 0 Å². The second kappa shape index (κ2) is 4.86. The van der Waals surface area contributed by atoms with Gasteiger partial charge in [0.25, 0.3) is 0 Å². The van der Waals surface area contributed by atoms with E-state index in [2.05, 4.69) is 0 Å². The summed E-state index contributed by atoms with van der Waals surface area (Å²) in [6.07, 6.45) is 0. The molecule has 1 aromatic heterocycles. The molecule has 2 aromatic rings. The minimum absolute atomic E-state index is 0.0439. The van der Waals surface area contributed by atoms with Crippen molar-refractivity contribution in [2.45, 2.75) is 4.21 Å². The minimum atomic E-state index is -3.87. The van der Waals surface area contributed by atoms with Crippen molar-refractivity contribution in [2.24, 2.45) is 0 Å².